The molecule has 0 N–H and O–H groups in total. The lowest BCUT2D eigenvalue weighted by atomic mass is 10.0. The summed E-state index contributed by atoms with van der Waals surface area (Å²) in [6.45, 7) is 6.36. The largest absolute Gasteiger partial charge is 0.462 e. The van der Waals surface area contributed by atoms with Gasteiger partial charge in [0.2, 0.25) is 0 Å². The van der Waals surface area contributed by atoms with E-state index in [1.165, 1.54) is 135 Å². The van der Waals surface area contributed by atoms with Gasteiger partial charge < -0.3 is 14.2 Å². The van der Waals surface area contributed by atoms with E-state index in [0.717, 1.165) is 96.3 Å². The molecule has 6 heteroatoms. The summed E-state index contributed by atoms with van der Waals surface area (Å²) < 4.78 is 16.8. The smallest absolute Gasteiger partial charge is 0.306 e. The minimum atomic E-state index is -0.809. The third-order valence-electron chi connectivity index (χ3n) is 12.6. The van der Waals surface area contributed by atoms with Crippen molar-refractivity contribution < 1.29 is 28.6 Å². The molecular weight excluding hydrogens is 877 g/mol. The second-order valence-corrected chi connectivity index (χ2v) is 19.5. The van der Waals surface area contributed by atoms with Crippen molar-refractivity contribution in [1.29, 1.82) is 0 Å². The average Bonchev–Trinajstić information content (AvgIpc) is 3.37. The van der Waals surface area contributed by atoms with Crippen molar-refractivity contribution in [2.75, 3.05) is 13.2 Å². The Morgan fingerprint density at radius 2 is 0.577 bits per heavy atom. The molecule has 406 valence electrons. The zero-order valence-corrected chi connectivity index (χ0v) is 46.5. The molecule has 0 saturated carbocycles. The number of esters is 3. The van der Waals surface area contributed by atoms with Crippen molar-refractivity contribution in [2.45, 2.75) is 284 Å². The van der Waals surface area contributed by atoms with E-state index in [1.54, 1.807) is 0 Å². The van der Waals surface area contributed by atoms with Crippen molar-refractivity contribution in [2.24, 2.45) is 0 Å². The normalized spacial score (nSPS) is 12.8. The van der Waals surface area contributed by atoms with Crippen molar-refractivity contribution in [3.8, 4) is 0 Å². The zero-order valence-electron chi connectivity index (χ0n) is 46.5. The summed E-state index contributed by atoms with van der Waals surface area (Å²) in [6, 6.07) is 0. The van der Waals surface area contributed by atoms with Crippen molar-refractivity contribution in [3.63, 3.8) is 0 Å². The van der Waals surface area contributed by atoms with Gasteiger partial charge in [-0.3, -0.25) is 14.4 Å². The number of hydrogen-bond donors (Lipinski definition) is 0. The van der Waals surface area contributed by atoms with Crippen LogP contribution in [-0.2, 0) is 28.6 Å². The van der Waals surface area contributed by atoms with E-state index in [4.69, 9.17) is 14.2 Å². The van der Waals surface area contributed by atoms with Crippen LogP contribution in [0.15, 0.2) is 97.2 Å². The van der Waals surface area contributed by atoms with Crippen LogP contribution in [0.1, 0.15) is 278 Å². The summed E-state index contributed by atoms with van der Waals surface area (Å²) in [7, 11) is 0. The third-order valence-corrected chi connectivity index (χ3v) is 12.6. The molecule has 0 aliphatic carbocycles. The van der Waals surface area contributed by atoms with Gasteiger partial charge in [-0.2, -0.15) is 0 Å². The Kier molecular flexibility index (Phi) is 55.9. The molecule has 1 unspecified atom stereocenters. The van der Waals surface area contributed by atoms with Gasteiger partial charge in [0.15, 0.2) is 6.10 Å². The first-order valence-electron chi connectivity index (χ1n) is 29.7. The Morgan fingerprint density at radius 3 is 0.944 bits per heavy atom. The molecule has 1 atom stereocenters. The molecular formula is C65H110O6. The molecule has 6 nitrogen and oxygen atoms in total. The van der Waals surface area contributed by atoms with Crippen LogP contribution in [-0.4, -0.2) is 37.2 Å². The second-order valence-electron chi connectivity index (χ2n) is 19.5. The van der Waals surface area contributed by atoms with Crippen LogP contribution in [0.4, 0.5) is 0 Å². The molecule has 0 aliphatic heterocycles. The Morgan fingerprint density at radius 1 is 0.296 bits per heavy atom. The van der Waals surface area contributed by atoms with E-state index < -0.39 is 6.10 Å². The maximum Gasteiger partial charge on any atom is 0.306 e. The van der Waals surface area contributed by atoms with E-state index >= 15 is 0 Å². The highest BCUT2D eigenvalue weighted by Crippen LogP contribution is 2.16. The van der Waals surface area contributed by atoms with Gasteiger partial charge in [-0.15, -0.1) is 0 Å². The first-order chi connectivity index (χ1) is 35.0. The average molecular weight is 988 g/mol. The Labute approximate surface area is 438 Å². The molecule has 0 aromatic rings. The number of rotatable bonds is 53. The molecule has 0 aromatic carbocycles. The Hall–Kier alpha value is -3.67. The van der Waals surface area contributed by atoms with Crippen molar-refractivity contribution >= 4 is 17.9 Å². The summed E-state index contributed by atoms with van der Waals surface area (Å²) in [4.78, 5) is 38.2. The molecule has 0 radical (unpaired) electrons. The van der Waals surface area contributed by atoms with Gasteiger partial charge in [-0.25, -0.2) is 0 Å². The number of allylic oxidation sites excluding steroid dienone is 16. The molecule has 0 saturated heterocycles. The number of ether oxygens (including phenoxy) is 3. The minimum absolute atomic E-state index is 0.102. The first-order valence-corrected chi connectivity index (χ1v) is 29.7. The SMILES string of the molecule is CC/C=C\C/C=C\C/C=C\C/C=C\CCCCCCCCCCC(=O)OCC(COC(=O)CC/C=C\C/C=C\C/C=C\C/C=C\CC)OC(=O)CCCCCCCCCCCCCCCCCCCCC. The van der Waals surface area contributed by atoms with E-state index in [-0.39, 0.29) is 37.5 Å². The monoisotopic (exact) mass is 987 g/mol. The van der Waals surface area contributed by atoms with Crippen LogP contribution in [0.2, 0.25) is 0 Å². The fraction of sp³-hybridized carbons (Fsp3) is 0.708. The molecule has 0 spiro atoms. The lowest BCUT2D eigenvalue weighted by Gasteiger charge is -2.18. The van der Waals surface area contributed by atoms with E-state index in [2.05, 4.69) is 112 Å². The Bertz CT molecular complexity index is 1410. The van der Waals surface area contributed by atoms with Crippen LogP contribution in [0, 0.1) is 0 Å². The quantitative estimate of drug-likeness (QED) is 0.0261. The van der Waals surface area contributed by atoms with Gasteiger partial charge in [0.25, 0.3) is 0 Å². The van der Waals surface area contributed by atoms with Gasteiger partial charge >= 0.3 is 17.9 Å². The highest BCUT2D eigenvalue weighted by atomic mass is 16.6. The van der Waals surface area contributed by atoms with Crippen LogP contribution >= 0.6 is 0 Å². The zero-order chi connectivity index (χ0) is 51.4. The molecule has 0 heterocycles. The lowest BCUT2D eigenvalue weighted by molar-refractivity contribution is -0.166. The van der Waals surface area contributed by atoms with Crippen molar-refractivity contribution in [1.82, 2.24) is 0 Å². The summed E-state index contributed by atoms with van der Waals surface area (Å²) in [6.07, 6.45) is 78.5. The van der Waals surface area contributed by atoms with Crippen LogP contribution in [0.3, 0.4) is 0 Å². The van der Waals surface area contributed by atoms with E-state index in [1.807, 2.05) is 6.08 Å². The number of carbonyl (C=O) groups is 3. The molecule has 0 bridgehead atoms. The lowest BCUT2D eigenvalue weighted by Crippen LogP contribution is -2.30. The highest BCUT2D eigenvalue weighted by molar-refractivity contribution is 5.71. The van der Waals surface area contributed by atoms with Crippen molar-refractivity contribution in [3.05, 3.63) is 97.2 Å². The predicted molar refractivity (Wildman–Crippen MR) is 307 cm³/mol. The van der Waals surface area contributed by atoms with Crippen LogP contribution in [0.25, 0.3) is 0 Å². The molecule has 71 heavy (non-hydrogen) atoms. The fourth-order valence-corrected chi connectivity index (χ4v) is 8.21. The van der Waals surface area contributed by atoms with Gasteiger partial charge in [-0.05, 0) is 83.5 Å². The first kappa shape index (κ1) is 67.3. The summed E-state index contributed by atoms with van der Waals surface area (Å²) in [5, 5.41) is 0. The van der Waals surface area contributed by atoms with Gasteiger partial charge in [0.05, 0.1) is 0 Å². The molecule has 0 amide bonds. The number of carbonyl (C=O) groups excluding carboxylic acids is 3. The maximum absolute atomic E-state index is 12.9. The van der Waals surface area contributed by atoms with E-state index in [0.29, 0.717) is 19.3 Å². The standard InChI is InChI=1S/C65H110O6/c1-4-7-10-13-16-19-22-25-27-29-31-32-34-35-37-40-43-46-49-52-55-58-64(67)70-61-62(60-69-63(66)57-54-51-48-45-42-39-24-21-18-15-12-9-6-3)71-65(68)59-56-53-50-47-44-41-38-36-33-30-28-26-23-20-17-14-11-8-5-2/h7,9-10,12,16,18-19,21,25,27,31-32,39,42,48,51,62H,4-6,8,11,13-15,17,20,22-24,26,28-30,33-38,40-41,43-47,49-50,52-61H2,1-3H3/b10-7-,12-9-,19-16-,21-18-,27-25-,32-31-,42-39-,51-48-. The summed E-state index contributed by atoms with van der Waals surface area (Å²) in [5.74, 6) is -0.987. The molecule has 0 aromatic heterocycles. The fourth-order valence-electron chi connectivity index (χ4n) is 8.21. The second kappa shape index (κ2) is 58.9. The highest BCUT2D eigenvalue weighted by Gasteiger charge is 2.19. The predicted octanol–water partition coefficient (Wildman–Crippen LogP) is 20.1. The summed E-state index contributed by atoms with van der Waals surface area (Å²) >= 11 is 0. The third kappa shape index (κ3) is 57.1. The summed E-state index contributed by atoms with van der Waals surface area (Å²) in [5.41, 5.74) is 0. The molecule has 0 aliphatic rings. The minimum Gasteiger partial charge on any atom is -0.462 e. The number of hydrogen-bond acceptors (Lipinski definition) is 6. The Balaban J connectivity index is 4.40. The van der Waals surface area contributed by atoms with Gasteiger partial charge in [0, 0.05) is 19.3 Å². The van der Waals surface area contributed by atoms with Gasteiger partial charge in [0.1, 0.15) is 13.2 Å². The maximum atomic E-state index is 12.9. The van der Waals surface area contributed by atoms with Crippen LogP contribution in [0.5, 0.6) is 0 Å². The topological polar surface area (TPSA) is 78.9 Å². The molecule has 0 fully saturated rings. The van der Waals surface area contributed by atoms with Crippen LogP contribution < -0.4 is 0 Å². The number of unbranched alkanes of at least 4 members (excludes halogenated alkanes) is 26. The molecule has 0 rings (SSSR count). The van der Waals surface area contributed by atoms with Gasteiger partial charge in [-0.1, -0.05) is 272 Å². The van der Waals surface area contributed by atoms with E-state index in [9.17, 15) is 14.4 Å².